The van der Waals surface area contributed by atoms with E-state index >= 15 is 0 Å². The Morgan fingerprint density at radius 2 is 2.18 bits per heavy atom. The molecule has 0 saturated heterocycles. The topological polar surface area (TPSA) is 52.6 Å². The molecule has 2 amide bonds. The summed E-state index contributed by atoms with van der Waals surface area (Å²) in [6, 6.07) is 6.42. The molecule has 1 aromatic carbocycles. The molecule has 120 valence electrons. The average Bonchev–Trinajstić information content (AvgIpc) is 3.07. The van der Waals surface area contributed by atoms with Gasteiger partial charge in [-0.15, -0.1) is 0 Å². The number of amides is 2. The molecule has 2 N–H and O–H groups in total. The molecule has 0 spiro atoms. The van der Waals surface area contributed by atoms with Crippen LogP contribution < -0.4 is 5.32 Å². The van der Waals surface area contributed by atoms with Gasteiger partial charge >= 0.3 is 6.03 Å². The van der Waals surface area contributed by atoms with Crippen molar-refractivity contribution in [3.63, 3.8) is 0 Å². The average molecular weight is 302 g/mol. The molecule has 0 heterocycles. The van der Waals surface area contributed by atoms with Crippen LogP contribution in [-0.4, -0.2) is 35.7 Å². The van der Waals surface area contributed by atoms with Crippen molar-refractivity contribution in [3.05, 3.63) is 34.9 Å². The van der Waals surface area contributed by atoms with Gasteiger partial charge in [0.05, 0.1) is 12.1 Å². The maximum absolute atomic E-state index is 12.4. The minimum absolute atomic E-state index is 0.0292. The van der Waals surface area contributed by atoms with E-state index in [0.29, 0.717) is 6.54 Å². The molecule has 3 unspecified atom stereocenters. The number of carbonyl (C=O) groups is 1. The molecule has 1 aromatic rings. The molecule has 2 aliphatic rings. The number of carbonyl (C=O) groups excluding carboxylic acids is 1. The van der Waals surface area contributed by atoms with Crippen LogP contribution in [0.1, 0.15) is 48.4 Å². The van der Waals surface area contributed by atoms with Gasteiger partial charge in [0.1, 0.15) is 0 Å². The lowest BCUT2D eigenvalue weighted by Gasteiger charge is -2.25. The number of aliphatic hydroxyl groups is 1. The highest BCUT2D eigenvalue weighted by Crippen LogP contribution is 2.33. The summed E-state index contributed by atoms with van der Waals surface area (Å²) in [5.41, 5.74) is 3.97. The number of nitrogens with one attached hydrogen (secondary N) is 1. The zero-order valence-electron chi connectivity index (χ0n) is 13.5. The highest BCUT2D eigenvalue weighted by molar-refractivity contribution is 5.74. The number of nitrogens with zero attached hydrogens (tertiary/aromatic N) is 1. The summed E-state index contributed by atoms with van der Waals surface area (Å²) in [7, 11) is 1.83. The van der Waals surface area contributed by atoms with Crippen molar-refractivity contribution in [1.29, 1.82) is 0 Å². The van der Waals surface area contributed by atoms with Gasteiger partial charge in [-0.05, 0) is 49.3 Å². The molecule has 4 heteroatoms. The Hall–Kier alpha value is -1.55. The minimum atomic E-state index is -0.245. The maximum Gasteiger partial charge on any atom is 0.317 e. The molecule has 4 nitrogen and oxygen atoms in total. The molecule has 1 fully saturated rings. The van der Waals surface area contributed by atoms with Crippen molar-refractivity contribution in [3.8, 4) is 0 Å². The number of fused-ring (bicyclic) bond motifs is 1. The molecular formula is C18H26N2O2. The lowest BCUT2D eigenvalue weighted by molar-refractivity contribution is 0.113. The summed E-state index contributed by atoms with van der Waals surface area (Å²) in [5, 5.41) is 13.1. The van der Waals surface area contributed by atoms with Gasteiger partial charge in [0, 0.05) is 19.5 Å². The third-order valence-corrected chi connectivity index (χ3v) is 5.28. The Balaban J connectivity index is 1.60. The number of aryl methyl sites for hydroxylation is 1. The van der Waals surface area contributed by atoms with E-state index in [4.69, 9.17) is 0 Å². The maximum atomic E-state index is 12.4. The van der Waals surface area contributed by atoms with E-state index in [0.717, 1.165) is 32.1 Å². The minimum Gasteiger partial charge on any atom is -0.393 e. The Kier molecular flexibility index (Phi) is 4.39. The van der Waals surface area contributed by atoms with E-state index in [2.05, 4.69) is 30.4 Å². The van der Waals surface area contributed by atoms with E-state index < -0.39 is 0 Å². The Bertz CT molecular complexity index is 558. The summed E-state index contributed by atoms with van der Waals surface area (Å²) in [4.78, 5) is 14.2. The summed E-state index contributed by atoms with van der Waals surface area (Å²) in [5.74, 6) is 0.230. The Morgan fingerprint density at radius 3 is 2.91 bits per heavy atom. The first-order valence-electron chi connectivity index (χ1n) is 8.34. The highest BCUT2D eigenvalue weighted by Gasteiger charge is 2.29. The van der Waals surface area contributed by atoms with Gasteiger partial charge in [0.2, 0.25) is 0 Å². The van der Waals surface area contributed by atoms with Crippen LogP contribution in [0.3, 0.4) is 0 Å². The summed E-state index contributed by atoms with van der Waals surface area (Å²) in [6.45, 7) is 2.77. The second-order valence-electron chi connectivity index (χ2n) is 6.82. The normalized spacial score (nSPS) is 26.8. The van der Waals surface area contributed by atoms with Gasteiger partial charge in [0.25, 0.3) is 0 Å². The van der Waals surface area contributed by atoms with Crippen LogP contribution in [-0.2, 0) is 6.42 Å². The number of benzene rings is 1. The third kappa shape index (κ3) is 2.98. The van der Waals surface area contributed by atoms with Gasteiger partial charge in [0.15, 0.2) is 0 Å². The molecule has 2 aliphatic carbocycles. The standard InChI is InChI=1S/C18H26N2O2/c1-12-5-3-7-15-14(12)9-10-16(15)19-18(22)20(2)11-13-6-4-8-17(13)21/h3,5,7,13,16-17,21H,4,6,8-11H2,1-2H3,(H,19,22). The van der Waals surface area contributed by atoms with Crippen molar-refractivity contribution >= 4 is 6.03 Å². The van der Waals surface area contributed by atoms with Crippen LogP contribution in [0.5, 0.6) is 0 Å². The summed E-state index contributed by atoms with van der Waals surface area (Å²) >= 11 is 0. The van der Waals surface area contributed by atoms with E-state index in [1.807, 2.05) is 7.05 Å². The van der Waals surface area contributed by atoms with Crippen LogP contribution >= 0.6 is 0 Å². The van der Waals surface area contributed by atoms with Gasteiger partial charge in [-0.3, -0.25) is 0 Å². The smallest absolute Gasteiger partial charge is 0.317 e. The molecule has 22 heavy (non-hydrogen) atoms. The summed E-state index contributed by atoms with van der Waals surface area (Å²) < 4.78 is 0. The van der Waals surface area contributed by atoms with E-state index in [9.17, 15) is 9.90 Å². The number of hydrogen-bond donors (Lipinski definition) is 2. The van der Waals surface area contributed by atoms with Crippen molar-refractivity contribution in [1.82, 2.24) is 10.2 Å². The summed E-state index contributed by atoms with van der Waals surface area (Å²) in [6.07, 6.45) is 4.73. The highest BCUT2D eigenvalue weighted by atomic mass is 16.3. The van der Waals surface area contributed by atoms with Gasteiger partial charge in [-0.1, -0.05) is 24.6 Å². The number of rotatable bonds is 3. The third-order valence-electron chi connectivity index (χ3n) is 5.28. The predicted molar refractivity (Wildman–Crippen MR) is 86.8 cm³/mol. The van der Waals surface area contributed by atoms with Gasteiger partial charge in [-0.2, -0.15) is 0 Å². The van der Waals surface area contributed by atoms with Crippen LogP contribution in [0, 0.1) is 12.8 Å². The van der Waals surface area contributed by atoms with Gasteiger partial charge < -0.3 is 15.3 Å². The van der Waals surface area contributed by atoms with Crippen molar-refractivity contribution < 1.29 is 9.90 Å². The number of urea groups is 1. The first-order chi connectivity index (χ1) is 10.6. The Labute approximate surface area is 132 Å². The molecular weight excluding hydrogens is 276 g/mol. The first-order valence-corrected chi connectivity index (χ1v) is 8.34. The van der Waals surface area contributed by atoms with Crippen LogP contribution in [0.2, 0.25) is 0 Å². The SMILES string of the molecule is Cc1cccc2c1CCC2NC(=O)N(C)CC1CCCC1O. The molecule has 3 rings (SSSR count). The van der Waals surface area contributed by atoms with Crippen LogP contribution in [0.4, 0.5) is 4.79 Å². The van der Waals surface area contributed by atoms with E-state index in [-0.39, 0.29) is 24.1 Å². The molecule has 0 bridgehead atoms. The predicted octanol–water partition coefficient (Wildman–Crippen LogP) is 2.78. The lowest BCUT2D eigenvalue weighted by Crippen LogP contribution is -2.42. The number of hydrogen-bond acceptors (Lipinski definition) is 2. The second kappa shape index (κ2) is 6.29. The van der Waals surface area contributed by atoms with E-state index in [1.54, 1.807) is 4.90 Å². The quantitative estimate of drug-likeness (QED) is 0.902. The fourth-order valence-corrected chi connectivity index (χ4v) is 3.91. The zero-order chi connectivity index (χ0) is 15.7. The second-order valence-corrected chi connectivity index (χ2v) is 6.82. The molecule has 3 atom stereocenters. The van der Waals surface area contributed by atoms with Gasteiger partial charge in [-0.25, -0.2) is 4.79 Å². The van der Waals surface area contributed by atoms with Crippen molar-refractivity contribution in [2.45, 2.75) is 51.2 Å². The van der Waals surface area contributed by atoms with Crippen LogP contribution in [0.25, 0.3) is 0 Å². The van der Waals surface area contributed by atoms with Crippen molar-refractivity contribution in [2.75, 3.05) is 13.6 Å². The molecule has 0 aliphatic heterocycles. The fourth-order valence-electron chi connectivity index (χ4n) is 3.91. The monoisotopic (exact) mass is 302 g/mol. The zero-order valence-corrected chi connectivity index (χ0v) is 13.5. The first kappa shape index (κ1) is 15.3. The Morgan fingerprint density at radius 1 is 1.36 bits per heavy atom. The molecule has 0 radical (unpaired) electrons. The molecule has 0 aromatic heterocycles. The molecule has 1 saturated carbocycles. The largest absolute Gasteiger partial charge is 0.393 e. The van der Waals surface area contributed by atoms with Crippen LogP contribution in [0.15, 0.2) is 18.2 Å². The van der Waals surface area contributed by atoms with Crippen molar-refractivity contribution in [2.24, 2.45) is 5.92 Å². The van der Waals surface area contributed by atoms with E-state index in [1.165, 1.54) is 16.7 Å². The number of aliphatic hydroxyl groups excluding tert-OH is 1. The fraction of sp³-hybridized carbons (Fsp3) is 0.611. The lowest BCUT2D eigenvalue weighted by atomic mass is 10.0.